The van der Waals surface area contributed by atoms with Crippen molar-refractivity contribution in [3.05, 3.63) is 34.9 Å². The van der Waals surface area contributed by atoms with E-state index in [1.54, 1.807) is 0 Å². The summed E-state index contributed by atoms with van der Waals surface area (Å²) in [7, 11) is 0. The van der Waals surface area contributed by atoms with Crippen molar-refractivity contribution in [1.82, 2.24) is 0 Å². The van der Waals surface area contributed by atoms with Gasteiger partial charge in [0.05, 0.1) is 6.42 Å². The number of nitrogens with two attached hydrogens (primary N) is 1. The zero-order valence-electron chi connectivity index (χ0n) is 12.1. The Balaban J connectivity index is 3.23. The van der Waals surface area contributed by atoms with Gasteiger partial charge < -0.3 is 10.8 Å². The number of hydrogen-bond acceptors (Lipinski definition) is 2. The summed E-state index contributed by atoms with van der Waals surface area (Å²) >= 11 is 0. The van der Waals surface area contributed by atoms with Crippen LogP contribution in [0.3, 0.4) is 0 Å². The van der Waals surface area contributed by atoms with E-state index in [1.807, 2.05) is 25.1 Å². The van der Waals surface area contributed by atoms with Crippen LogP contribution in [0.25, 0.3) is 0 Å². The first kappa shape index (κ1) is 15.7. The fraction of sp³-hybridized carbons (Fsp3) is 0.562. The van der Waals surface area contributed by atoms with Crippen LogP contribution in [0, 0.1) is 12.8 Å². The average molecular weight is 263 g/mol. The Labute approximate surface area is 115 Å². The smallest absolute Gasteiger partial charge is 0.303 e. The fourth-order valence-corrected chi connectivity index (χ4v) is 2.93. The summed E-state index contributed by atoms with van der Waals surface area (Å²) in [6.07, 6.45) is 2.17. The lowest BCUT2D eigenvalue weighted by Crippen LogP contribution is -2.19. The number of hydrogen-bond donors (Lipinski definition) is 2. The molecule has 0 aliphatic carbocycles. The van der Waals surface area contributed by atoms with E-state index in [9.17, 15) is 9.90 Å². The molecule has 0 heterocycles. The first-order chi connectivity index (χ1) is 9.04. The largest absolute Gasteiger partial charge is 0.481 e. The number of rotatable bonds is 7. The van der Waals surface area contributed by atoms with E-state index in [1.165, 1.54) is 0 Å². The van der Waals surface area contributed by atoms with Crippen molar-refractivity contribution in [3.63, 3.8) is 0 Å². The van der Waals surface area contributed by atoms with Crippen molar-refractivity contribution in [2.45, 2.75) is 52.5 Å². The molecule has 0 aliphatic heterocycles. The molecule has 0 fully saturated rings. The standard InChI is InChI=1S/C16H25NO2/c1-4-12(5-2)14(9-16(18)19)13-8-6-7-11(3)15(13)10-17/h6-8,12,14H,4-5,9-10,17H2,1-3H3,(H,18,19). The molecule has 1 rings (SSSR count). The predicted octanol–water partition coefficient (Wildman–Crippen LogP) is 3.45. The van der Waals surface area contributed by atoms with Gasteiger partial charge >= 0.3 is 5.97 Å². The first-order valence-electron chi connectivity index (χ1n) is 7.05. The molecule has 0 aliphatic rings. The van der Waals surface area contributed by atoms with Gasteiger partial charge in [0, 0.05) is 6.54 Å². The van der Waals surface area contributed by atoms with Gasteiger partial charge in [-0.25, -0.2) is 0 Å². The number of aryl methyl sites for hydroxylation is 1. The molecule has 0 amide bonds. The lowest BCUT2D eigenvalue weighted by Gasteiger charge is -2.27. The molecule has 19 heavy (non-hydrogen) atoms. The molecule has 3 heteroatoms. The molecule has 0 radical (unpaired) electrons. The van der Waals surface area contributed by atoms with Crippen LogP contribution in [-0.2, 0) is 11.3 Å². The topological polar surface area (TPSA) is 63.3 Å². The van der Waals surface area contributed by atoms with E-state index in [-0.39, 0.29) is 12.3 Å². The maximum atomic E-state index is 11.2. The van der Waals surface area contributed by atoms with Gasteiger partial charge in [0.2, 0.25) is 0 Å². The van der Waals surface area contributed by atoms with E-state index >= 15 is 0 Å². The van der Waals surface area contributed by atoms with Gasteiger partial charge in [0.25, 0.3) is 0 Å². The summed E-state index contributed by atoms with van der Waals surface area (Å²) in [4.78, 5) is 11.2. The minimum atomic E-state index is -0.735. The minimum absolute atomic E-state index is 0.0611. The summed E-state index contributed by atoms with van der Waals surface area (Å²) in [5.74, 6) is -0.282. The third-order valence-electron chi connectivity index (χ3n) is 4.06. The van der Waals surface area contributed by atoms with Crippen LogP contribution in [0.15, 0.2) is 18.2 Å². The van der Waals surface area contributed by atoms with E-state index in [0.717, 1.165) is 29.5 Å². The van der Waals surface area contributed by atoms with Gasteiger partial charge in [-0.1, -0.05) is 44.9 Å². The highest BCUT2D eigenvalue weighted by Crippen LogP contribution is 2.35. The molecule has 1 aromatic carbocycles. The van der Waals surface area contributed by atoms with Crippen LogP contribution in [0.5, 0.6) is 0 Å². The monoisotopic (exact) mass is 263 g/mol. The summed E-state index contributed by atoms with van der Waals surface area (Å²) in [5.41, 5.74) is 9.25. The normalized spacial score (nSPS) is 12.7. The quantitative estimate of drug-likeness (QED) is 0.792. The second-order valence-corrected chi connectivity index (χ2v) is 5.13. The second-order valence-electron chi connectivity index (χ2n) is 5.13. The van der Waals surface area contributed by atoms with Crippen LogP contribution in [0.2, 0.25) is 0 Å². The molecule has 3 N–H and O–H groups in total. The van der Waals surface area contributed by atoms with Crippen molar-refractivity contribution < 1.29 is 9.90 Å². The van der Waals surface area contributed by atoms with E-state index in [2.05, 4.69) is 13.8 Å². The fourth-order valence-electron chi connectivity index (χ4n) is 2.93. The van der Waals surface area contributed by atoms with Crippen molar-refractivity contribution >= 4 is 5.97 Å². The van der Waals surface area contributed by atoms with Crippen molar-refractivity contribution in [1.29, 1.82) is 0 Å². The molecular weight excluding hydrogens is 238 g/mol. The lowest BCUT2D eigenvalue weighted by atomic mass is 9.78. The van der Waals surface area contributed by atoms with Crippen LogP contribution in [0.4, 0.5) is 0 Å². The summed E-state index contributed by atoms with van der Waals surface area (Å²) in [5, 5.41) is 9.19. The Hall–Kier alpha value is -1.35. The van der Waals surface area contributed by atoms with Crippen LogP contribution in [-0.4, -0.2) is 11.1 Å². The van der Waals surface area contributed by atoms with Gasteiger partial charge in [-0.05, 0) is 35.4 Å². The molecule has 0 saturated carbocycles. The van der Waals surface area contributed by atoms with E-state index in [4.69, 9.17) is 5.73 Å². The maximum Gasteiger partial charge on any atom is 0.303 e. The van der Waals surface area contributed by atoms with E-state index < -0.39 is 5.97 Å². The molecule has 1 aromatic rings. The number of benzene rings is 1. The van der Waals surface area contributed by atoms with Crippen LogP contribution in [0.1, 0.15) is 55.7 Å². The zero-order chi connectivity index (χ0) is 14.4. The average Bonchev–Trinajstić information content (AvgIpc) is 2.38. The molecule has 1 atom stereocenters. The van der Waals surface area contributed by atoms with Gasteiger partial charge in [0.1, 0.15) is 0 Å². The highest BCUT2D eigenvalue weighted by atomic mass is 16.4. The predicted molar refractivity (Wildman–Crippen MR) is 78.1 cm³/mol. The third-order valence-corrected chi connectivity index (χ3v) is 4.06. The van der Waals surface area contributed by atoms with Crippen molar-refractivity contribution in [3.8, 4) is 0 Å². The Kier molecular flexibility index (Phi) is 6.03. The Bertz CT molecular complexity index is 425. The molecule has 106 valence electrons. The van der Waals surface area contributed by atoms with Gasteiger partial charge in [-0.2, -0.15) is 0 Å². The molecule has 1 unspecified atom stereocenters. The van der Waals surface area contributed by atoms with Gasteiger partial charge in [-0.3, -0.25) is 4.79 Å². The Morgan fingerprint density at radius 1 is 1.32 bits per heavy atom. The molecule has 0 spiro atoms. The minimum Gasteiger partial charge on any atom is -0.481 e. The van der Waals surface area contributed by atoms with E-state index in [0.29, 0.717) is 12.5 Å². The third kappa shape index (κ3) is 3.80. The number of carbonyl (C=O) groups is 1. The SMILES string of the molecule is CCC(CC)C(CC(=O)O)c1cccc(C)c1CN. The van der Waals surface area contributed by atoms with Gasteiger partial charge in [-0.15, -0.1) is 0 Å². The molecule has 0 aromatic heterocycles. The lowest BCUT2D eigenvalue weighted by molar-refractivity contribution is -0.137. The second kappa shape index (κ2) is 7.29. The summed E-state index contributed by atoms with van der Waals surface area (Å²) < 4.78 is 0. The van der Waals surface area contributed by atoms with Gasteiger partial charge in [0.15, 0.2) is 0 Å². The molecule has 0 saturated heterocycles. The number of carboxylic acids is 1. The highest BCUT2D eigenvalue weighted by molar-refractivity contribution is 5.68. The molecule has 0 bridgehead atoms. The Morgan fingerprint density at radius 3 is 2.42 bits per heavy atom. The number of carboxylic acid groups (broad SMARTS) is 1. The molecule has 3 nitrogen and oxygen atoms in total. The number of aliphatic carboxylic acids is 1. The zero-order valence-corrected chi connectivity index (χ0v) is 12.1. The van der Waals surface area contributed by atoms with Crippen molar-refractivity contribution in [2.75, 3.05) is 0 Å². The molecular formula is C16H25NO2. The summed E-state index contributed by atoms with van der Waals surface area (Å²) in [6.45, 7) is 6.76. The first-order valence-corrected chi connectivity index (χ1v) is 7.05. The van der Waals surface area contributed by atoms with Crippen LogP contribution < -0.4 is 5.73 Å². The highest BCUT2D eigenvalue weighted by Gasteiger charge is 2.25. The van der Waals surface area contributed by atoms with Crippen molar-refractivity contribution in [2.24, 2.45) is 11.7 Å². The Morgan fingerprint density at radius 2 is 1.95 bits per heavy atom. The van der Waals surface area contributed by atoms with Crippen LogP contribution >= 0.6 is 0 Å². The summed E-state index contributed by atoms with van der Waals surface area (Å²) in [6, 6.07) is 6.08. The maximum absolute atomic E-state index is 11.2.